The molecule has 1 aliphatic rings. The van der Waals surface area contributed by atoms with Gasteiger partial charge in [0.25, 0.3) is 0 Å². The Morgan fingerprint density at radius 1 is 1.17 bits per heavy atom. The van der Waals surface area contributed by atoms with Crippen molar-refractivity contribution in [2.75, 3.05) is 0 Å². The zero-order chi connectivity index (χ0) is 9.57. The second-order valence-electron chi connectivity index (χ2n) is 2.22. The van der Waals surface area contributed by atoms with Crippen LogP contribution in [0, 0.1) is 0 Å². The number of carbonyl (C=O) groups excluding carboxylic acids is 2. The molecule has 1 rings (SSSR count). The van der Waals surface area contributed by atoms with Crippen LogP contribution in [0.3, 0.4) is 0 Å². The first-order valence-electron chi connectivity index (χ1n) is 2.78. The second kappa shape index (κ2) is 2.18. The van der Waals surface area contributed by atoms with Gasteiger partial charge in [0, 0.05) is 0 Å². The monoisotopic (exact) mass is 186 g/mol. The van der Waals surface area contributed by atoms with Crippen molar-refractivity contribution in [1.29, 1.82) is 0 Å². The molecule has 0 bridgehead atoms. The Hall–Kier alpha value is -1.14. The van der Waals surface area contributed by atoms with E-state index in [-0.39, 0.29) is 0 Å². The number of carbonyl (C=O) groups is 2. The summed E-state index contributed by atoms with van der Waals surface area (Å²) in [7, 11) is 0. The Bertz CT molecular complexity index is 247. The number of esters is 2. The molecule has 1 aliphatic heterocycles. The Morgan fingerprint density at radius 2 is 1.67 bits per heavy atom. The summed E-state index contributed by atoms with van der Waals surface area (Å²) in [5.41, 5.74) is 0. The van der Waals surface area contributed by atoms with Crippen LogP contribution in [-0.2, 0) is 14.3 Å². The van der Waals surface area contributed by atoms with Gasteiger partial charge >= 0.3 is 23.8 Å². The first-order valence-corrected chi connectivity index (χ1v) is 2.78. The van der Waals surface area contributed by atoms with Gasteiger partial charge in [0.2, 0.25) is 0 Å². The third kappa shape index (κ3) is 1.05. The van der Waals surface area contributed by atoms with Crippen LogP contribution in [0.5, 0.6) is 0 Å². The van der Waals surface area contributed by atoms with Gasteiger partial charge in [-0.15, -0.1) is 0 Å². The minimum Gasteiger partial charge on any atom is -0.388 e. The van der Waals surface area contributed by atoms with Crippen molar-refractivity contribution >= 4 is 11.9 Å². The maximum Gasteiger partial charge on any atom is 0.405 e. The highest BCUT2D eigenvalue weighted by atomic mass is 19.3. The lowest BCUT2D eigenvalue weighted by atomic mass is 10.1. The normalized spacial score (nSPS) is 26.7. The highest BCUT2D eigenvalue weighted by Gasteiger charge is 2.67. The van der Waals surface area contributed by atoms with Gasteiger partial charge in [-0.25, -0.2) is 4.79 Å². The molecule has 0 aromatic carbocycles. The lowest BCUT2D eigenvalue weighted by Gasteiger charge is -2.27. The van der Waals surface area contributed by atoms with Crippen molar-refractivity contribution in [2.24, 2.45) is 0 Å². The van der Waals surface area contributed by atoms with E-state index >= 15 is 0 Å². The number of rotatable bonds is 0. The van der Waals surface area contributed by atoms with E-state index in [0.29, 0.717) is 0 Å². The van der Waals surface area contributed by atoms with E-state index in [9.17, 15) is 27.2 Å². The lowest BCUT2D eigenvalue weighted by molar-refractivity contribution is -0.245. The number of alkyl halides is 4. The van der Waals surface area contributed by atoms with E-state index in [1.165, 1.54) is 0 Å². The quantitative estimate of drug-likeness (QED) is 0.318. The van der Waals surface area contributed by atoms with Gasteiger partial charge in [-0.2, -0.15) is 17.6 Å². The van der Waals surface area contributed by atoms with E-state index in [1.807, 2.05) is 0 Å². The molecule has 1 heterocycles. The Balaban J connectivity index is 3.02. The first-order chi connectivity index (χ1) is 5.27. The van der Waals surface area contributed by atoms with Crippen molar-refractivity contribution in [3.63, 3.8) is 0 Å². The molecule has 68 valence electrons. The molecule has 1 saturated heterocycles. The standard InChI is InChI=1S/C5H2F4O3/c6-4(7)1-2(10)12-3(11)5(4,8)9/h1H2. The molecular formula is C5H2F4O3. The molecule has 3 nitrogen and oxygen atoms in total. The van der Waals surface area contributed by atoms with Crippen LogP contribution in [0.2, 0.25) is 0 Å². The fraction of sp³-hybridized carbons (Fsp3) is 0.600. The van der Waals surface area contributed by atoms with Crippen LogP contribution in [0.15, 0.2) is 0 Å². The Labute approximate surface area is 63.3 Å². The van der Waals surface area contributed by atoms with Crippen LogP contribution in [-0.4, -0.2) is 23.8 Å². The molecule has 0 N–H and O–H groups in total. The predicted molar refractivity (Wildman–Crippen MR) is 25.6 cm³/mol. The topological polar surface area (TPSA) is 43.4 Å². The van der Waals surface area contributed by atoms with Gasteiger partial charge in [-0.3, -0.25) is 4.79 Å². The lowest BCUT2D eigenvalue weighted by Crippen LogP contribution is -2.54. The third-order valence-electron chi connectivity index (χ3n) is 1.29. The Kier molecular flexibility index (Phi) is 1.62. The molecule has 0 aromatic heterocycles. The molecule has 0 unspecified atom stereocenters. The van der Waals surface area contributed by atoms with Gasteiger partial charge in [0.05, 0.1) is 0 Å². The molecular weight excluding hydrogens is 184 g/mol. The van der Waals surface area contributed by atoms with Crippen LogP contribution in [0.4, 0.5) is 17.6 Å². The SMILES string of the molecule is O=C1CC(F)(F)C(F)(F)C(=O)O1. The zero-order valence-electron chi connectivity index (χ0n) is 5.44. The van der Waals surface area contributed by atoms with E-state index in [1.54, 1.807) is 0 Å². The van der Waals surface area contributed by atoms with E-state index in [0.717, 1.165) is 0 Å². The highest BCUT2D eigenvalue weighted by Crippen LogP contribution is 2.41. The van der Waals surface area contributed by atoms with E-state index < -0.39 is 30.2 Å². The maximum atomic E-state index is 12.2. The van der Waals surface area contributed by atoms with Crippen LogP contribution in [0.25, 0.3) is 0 Å². The first kappa shape index (κ1) is 8.95. The summed E-state index contributed by atoms with van der Waals surface area (Å²) in [5.74, 6) is -13.7. The fourth-order valence-corrected chi connectivity index (χ4v) is 0.645. The van der Waals surface area contributed by atoms with Crippen LogP contribution < -0.4 is 0 Å². The molecule has 0 aliphatic carbocycles. The van der Waals surface area contributed by atoms with Crippen molar-refractivity contribution in [1.82, 2.24) is 0 Å². The average molecular weight is 186 g/mol. The molecule has 7 heteroatoms. The molecule has 0 saturated carbocycles. The second-order valence-corrected chi connectivity index (χ2v) is 2.22. The molecule has 0 atom stereocenters. The number of hydrogen-bond acceptors (Lipinski definition) is 3. The summed E-state index contributed by atoms with van der Waals surface area (Å²) in [6.45, 7) is 0. The maximum absolute atomic E-state index is 12.2. The van der Waals surface area contributed by atoms with Crippen LogP contribution in [0.1, 0.15) is 6.42 Å². The summed E-state index contributed by atoms with van der Waals surface area (Å²) in [4.78, 5) is 20.2. The molecule has 12 heavy (non-hydrogen) atoms. The van der Waals surface area contributed by atoms with Crippen molar-refractivity contribution in [3.8, 4) is 0 Å². The number of halogens is 4. The minimum absolute atomic E-state index is 1.64. The molecule has 0 aromatic rings. The Morgan fingerprint density at radius 3 is 2.08 bits per heavy atom. The molecule has 0 amide bonds. The summed E-state index contributed by atoms with van der Waals surface area (Å²) in [6, 6.07) is 0. The minimum atomic E-state index is -4.90. The molecule has 1 fully saturated rings. The van der Waals surface area contributed by atoms with E-state index in [4.69, 9.17) is 0 Å². The van der Waals surface area contributed by atoms with Crippen molar-refractivity contribution in [3.05, 3.63) is 0 Å². The summed E-state index contributed by atoms with van der Waals surface area (Å²) in [5, 5.41) is 0. The smallest absolute Gasteiger partial charge is 0.388 e. The summed E-state index contributed by atoms with van der Waals surface area (Å²) in [6.07, 6.45) is -1.77. The van der Waals surface area contributed by atoms with Gasteiger partial charge in [0.15, 0.2) is 0 Å². The number of ether oxygens (including phenoxy) is 1. The largest absolute Gasteiger partial charge is 0.405 e. The molecule has 0 spiro atoms. The summed E-state index contributed by atoms with van der Waals surface area (Å²) < 4.78 is 52.1. The van der Waals surface area contributed by atoms with Crippen LogP contribution >= 0.6 is 0 Å². The van der Waals surface area contributed by atoms with E-state index in [2.05, 4.69) is 4.74 Å². The molecule has 0 radical (unpaired) electrons. The highest BCUT2D eigenvalue weighted by molar-refractivity contribution is 5.94. The fourth-order valence-electron chi connectivity index (χ4n) is 0.645. The number of cyclic esters (lactones) is 2. The number of hydrogen-bond donors (Lipinski definition) is 0. The van der Waals surface area contributed by atoms with Gasteiger partial charge in [-0.1, -0.05) is 0 Å². The average Bonchev–Trinajstić information content (AvgIpc) is 1.82. The van der Waals surface area contributed by atoms with Gasteiger partial charge < -0.3 is 4.74 Å². The predicted octanol–water partition coefficient (Wildman–Crippen LogP) is 0.731. The van der Waals surface area contributed by atoms with Crippen molar-refractivity contribution < 1.29 is 31.9 Å². The summed E-state index contributed by atoms with van der Waals surface area (Å²) >= 11 is 0. The van der Waals surface area contributed by atoms with Gasteiger partial charge in [0.1, 0.15) is 6.42 Å². The van der Waals surface area contributed by atoms with Crippen molar-refractivity contribution in [2.45, 2.75) is 18.3 Å². The zero-order valence-corrected chi connectivity index (χ0v) is 5.44. The van der Waals surface area contributed by atoms with Gasteiger partial charge in [-0.05, 0) is 0 Å². The third-order valence-corrected chi connectivity index (χ3v) is 1.29.